The van der Waals surface area contributed by atoms with Crippen LogP contribution in [0.3, 0.4) is 0 Å². The molecule has 15 heavy (non-hydrogen) atoms. The predicted octanol–water partition coefficient (Wildman–Crippen LogP) is -0.208. The molecule has 0 unspecified atom stereocenters. The number of hydrogen-bond acceptors (Lipinski definition) is 4. The Bertz CT molecular complexity index is 462. The fourth-order valence-electron chi connectivity index (χ4n) is 1.33. The third-order valence-electron chi connectivity index (χ3n) is 2.17. The maximum absolute atomic E-state index is 11.2. The molecule has 0 saturated carbocycles. The monoisotopic (exact) mass is 205 g/mol. The lowest BCUT2D eigenvalue weighted by atomic mass is 10.2. The van der Waals surface area contributed by atoms with Crippen LogP contribution in [0.4, 0.5) is 0 Å². The molecule has 2 aromatic rings. The zero-order chi connectivity index (χ0) is 10.8. The molecule has 1 aromatic heterocycles. The summed E-state index contributed by atoms with van der Waals surface area (Å²) < 4.78 is 5.97. The van der Waals surface area contributed by atoms with Crippen molar-refractivity contribution in [2.75, 3.05) is 0 Å². The van der Waals surface area contributed by atoms with Crippen molar-refractivity contribution in [1.82, 2.24) is 5.27 Å². The van der Waals surface area contributed by atoms with Gasteiger partial charge in [-0.05, 0) is 11.6 Å². The second-order valence-electron chi connectivity index (χ2n) is 3.26. The van der Waals surface area contributed by atoms with Gasteiger partial charge in [0.1, 0.15) is 0 Å². The third kappa shape index (κ3) is 1.69. The average Bonchev–Trinajstić information content (AvgIpc) is 2.61. The minimum absolute atomic E-state index is 0.107. The van der Waals surface area contributed by atoms with Crippen molar-refractivity contribution in [3.05, 3.63) is 35.5 Å². The average molecular weight is 205 g/mol. The van der Waals surface area contributed by atoms with Gasteiger partial charge in [-0.3, -0.25) is 0 Å². The topological polar surface area (TPSA) is 79.0 Å². The zero-order valence-electron chi connectivity index (χ0n) is 8.30. The Morgan fingerprint density at radius 1 is 1.40 bits per heavy atom. The lowest BCUT2D eigenvalue weighted by molar-refractivity contribution is -0.677. The Labute approximate surface area is 86.7 Å². The predicted molar refractivity (Wildman–Crippen MR) is 50.1 cm³/mol. The standard InChI is InChI=1S/C10H11N3O2/c1-7-2-4-8(5-3-7)13-9(6-11)10(14)15-12-13/h2-5H,6,11H2,1H3. The number of rotatable bonds is 2. The van der Waals surface area contributed by atoms with E-state index in [9.17, 15) is 5.11 Å². The molecule has 5 nitrogen and oxygen atoms in total. The van der Waals surface area contributed by atoms with E-state index >= 15 is 0 Å². The minimum Gasteiger partial charge on any atom is -0.539 e. The summed E-state index contributed by atoms with van der Waals surface area (Å²) in [6.07, 6.45) is 0. The molecule has 0 atom stereocenters. The van der Waals surface area contributed by atoms with E-state index in [2.05, 4.69) is 9.79 Å². The Morgan fingerprint density at radius 2 is 2.07 bits per heavy atom. The van der Waals surface area contributed by atoms with Crippen LogP contribution in [-0.4, -0.2) is 5.27 Å². The van der Waals surface area contributed by atoms with Crippen molar-refractivity contribution in [3.8, 4) is 11.6 Å². The molecule has 0 radical (unpaired) electrons. The molecule has 0 bridgehead atoms. The quantitative estimate of drug-likeness (QED) is 0.688. The first kappa shape index (κ1) is 9.67. The van der Waals surface area contributed by atoms with Crippen molar-refractivity contribution in [3.63, 3.8) is 0 Å². The molecule has 0 aliphatic carbocycles. The van der Waals surface area contributed by atoms with Gasteiger partial charge in [-0.2, -0.15) is 0 Å². The molecule has 2 N–H and O–H groups in total. The molecule has 0 aliphatic heterocycles. The summed E-state index contributed by atoms with van der Waals surface area (Å²) in [5, 5.41) is 14.8. The maximum Gasteiger partial charge on any atom is 0.253 e. The largest absolute Gasteiger partial charge is 0.539 e. The first-order valence-electron chi connectivity index (χ1n) is 4.57. The molecule has 0 amide bonds. The summed E-state index contributed by atoms with van der Waals surface area (Å²) >= 11 is 0. The van der Waals surface area contributed by atoms with Crippen molar-refractivity contribution in [1.29, 1.82) is 0 Å². The Morgan fingerprint density at radius 3 is 2.67 bits per heavy atom. The third-order valence-corrected chi connectivity index (χ3v) is 2.17. The highest BCUT2D eigenvalue weighted by Crippen LogP contribution is 2.09. The fraction of sp³-hybridized carbons (Fsp3) is 0.200. The summed E-state index contributed by atoms with van der Waals surface area (Å²) in [6, 6.07) is 7.58. The minimum atomic E-state index is -0.488. The zero-order valence-corrected chi connectivity index (χ0v) is 8.30. The summed E-state index contributed by atoms with van der Waals surface area (Å²) in [6.45, 7) is 2.09. The summed E-state index contributed by atoms with van der Waals surface area (Å²) in [7, 11) is 0. The number of nitrogens with two attached hydrogens (primary N) is 1. The normalized spacial score (nSPS) is 10.5. The van der Waals surface area contributed by atoms with Crippen LogP contribution in [-0.2, 0) is 6.54 Å². The van der Waals surface area contributed by atoms with Crippen molar-refractivity contribution in [2.45, 2.75) is 13.5 Å². The van der Waals surface area contributed by atoms with Crippen LogP contribution in [0.5, 0.6) is 5.95 Å². The van der Waals surface area contributed by atoms with Crippen molar-refractivity contribution < 1.29 is 14.3 Å². The summed E-state index contributed by atoms with van der Waals surface area (Å²) in [5.41, 5.74) is 7.70. The molecule has 2 rings (SSSR count). The van der Waals surface area contributed by atoms with Crippen molar-refractivity contribution in [2.24, 2.45) is 5.73 Å². The Balaban J connectivity index is 2.49. The highest BCUT2D eigenvalue weighted by atomic mass is 16.6. The molecule has 0 fully saturated rings. The second kappa shape index (κ2) is 3.70. The van der Waals surface area contributed by atoms with Gasteiger partial charge in [0.2, 0.25) is 5.69 Å². The van der Waals surface area contributed by atoms with E-state index in [0.717, 1.165) is 11.3 Å². The van der Waals surface area contributed by atoms with Gasteiger partial charge >= 0.3 is 0 Å². The van der Waals surface area contributed by atoms with Crippen molar-refractivity contribution >= 4 is 0 Å². The van der Waals surface area contributed by atoms with Gasteiger partial charge in [-0.1, -0.05) is 17.7 Å². The molecule has 1 aromatic carbocycles. The van der Waals surface area contributed by atoms with E-state index in [0.29, 0.717) is 5.69 Å². The smallest absolute Gasteiger partial charge is 0.253 e. The second-order valence-corrected chi connectivity index (χ2v) is 3.26. The van der Waals surface area contributed by atoms with Crippen LogP contribution in [0.2, 0.25) is 0 Å². The summed E-state index contributed by atoms with van der Waals surface area (Å²) in [4.78, 5) is 0. The van der Waals surface area contributed by atoms with Gasteiger partial charge in [0.05, 0.1) is 11.8 Å². The van der Waals surface area contributed by atoms with Crippen LogP contribution in [0.1, 0.15) is 11.3 Å². The van der Waals surface area contributed by atoms with Crippen LogP contribution in [0, 0.1) is 6.92 Å². The molecular weight excluding hydrogens is 194 g/mol. The van der Waals surface area contributed by atoms with Gasteiger partial charge in [0.25, 0.3) is 5.69 Å². The first-order chi connectivity index (χ1) is 7.22. The Hall–Kier alpha value is -1.88. The highest BCUT2D eigenvalue weighted by Gasteiger charge is 2.17. The lowest BCUT2D eigenvalue weighted by Gasteiger charge is -1.94. The SMILES string of the molecule is Cc1ccc(-[n+]2noc([O-])c2CN)cc1. The van der Waals surface area contributed by atoms with Crippen LogP contribution in [0.25, 0.3) is 5.69 Å². The molecule has 0 spiro atoms. The molecule has 1 heterocycles. The van der Waals surface area contributed by atoms with E-state index in [1.165, 1.54) is 4.68 Å². The molecule has 78 valence electrons. The lowest BCUT2D eigenvalue weighted by Crippen LogP contribution is -2.37. The van der Waals surface area contributed by atoms with Gasteiger partial charge in [-0.25, -0.2) is 0 Å². The number of aromatic nitrogens is 2. The van der Waals surface area contributed by atoms with Crippen LogP contribution >= 0.6 is 0 Å². The molecule has 5 heteroatoms. The number of benzene rings is 1. The number of nitrogens with zero attached hydrogens (tertiary/aromatic N) is 2. The van der Waals surface area contributed by atoms with Crippen LogP contribution in [0.15, 0.2) is 28.8 Å². The maximum atomic E-state index is 11.2. The van der Waals surface area contributed by atoms with Gasteiger partial charge in [0, 0.05) is 12.1 Å². The van der Waals surface area contributed by atoms with E-state index in [-0.39, 0.29) is 6.54 Å². The van der Waals surface area contributed by atoms with E-state index in [1.807, 2.05) is 31.2 Å². The Kier molecular flexibility index (Phi) is 2.39. The summed E-state index contributed by atoms with van der Waals surface area (Å²) in [5.74, 6) is -0.488. The van der Waals surface area contributed by atoms with Crippen LogP contribution < -0.4 is 15.5 Å². The molecular formula is C10H11N3O2. The van der Waals surface area contributed by atoms with E-state index < -0.39 is 5.95 Å². The van der Waals surface area contributed by atoms with Gasteiger partial charge in [-0.15, -0.1) is 0 Å². The fourth-order valence-corrected chi connectivity index (χ4v) is 1.33. The number of aryl methyl sites for hydroxylation is 1. The van der Waals surface area contributed by atoms with E-state index in [4.69, 9.17) is 5.73 Å². The van der Waals surface area contributed by atoms with Gasteiger partial charge < -0.3 is 15.4 Å². The molecule has 0 saturated heterocycles. The highest BCUT2D eigenvalue weighted by molar-refractivity contribution is 5.26. The number of hydrogen-bond donors (Lipinski definition) is 1. The van der Waals surface area contributed by atoms with Gasteiger partial charge in [0.15, 0.2) is 5.95 Å². The molecule has 0 aliphatic rings. The first-order valence-corrected chi connectivity index (χ1v) is 4.57. The van der Waals surface area contributed by atoms with E-state index in [1.54, 1.807) is 0 Å².